The molecule has 0 saturated heterocycles. The molecule has 2 aromatic heterocycles. The second-order valence-corrected chi connectivity index (χ2v) is 8.86. The average molecular weight is 410 g/mol. The lowest BCUT2D eigenvalue weighted by atomic mass is 10.0. The van der Waals surface area contributed by atoms with Crippen LogP contribution in [0.25, 0.3) is 11.1 Å². The van der Waals surface area contributed by atoms with Gasteiger partial charge in [-0.2, -0.15) is 0 Å². The van der Waals surface area contributed by atoms with Crippen LogP contribution in [0.3, 0.4) is 0 Å². The van der Waals surface area contributed by atoms with Gasteiger partial charge in [0.25, 0.3) is 0 Å². The highest BCUT2D eigenvalue weighted by Crippen LogP contribution is 2.16. The fourth-order valence-corrected chi connectivity index (χ4v) is 4.19. The van der Waals surface area contributed by atoms with Crippen LogP contribution in [-0.4, -0.2) is 4.98 Å². The second-order valence-electron chi connectivity index (χ2n) is 8.86. The highest BCUT2D eigenvalue weighted by Gasteiger charge is 2.03. The van der Waals surface area contributed by atoms with Crippen molar-refractivity contribution in [1.29, 1.82) is 0 Å². The molecule has 30 heavy (non-hydrogen) atoms. The minimum atomic E-state index is 1.13. The zero-order valence-corrected chi connectivity index (χ0v) is 19.5. The molecule has 0 fully saturated rings. The number of nitrogens with zero attached hydrogens (tertiary/aromatic N) is 2. The van der Waals surface area contributed by atoms with Crippen molar-refractivity contribution < 1.29 is 4.57 Å². The number of unbranched alkanes of at least 4 members (excludes halogenated alkanes) is 15. The molecular formula is C28H45N2+. The summed E-state index contributed by atoms with van der Waals surface area (Å²) in [6.07, 6.45) is 31.0. The molecule has 0 aliphatic rings. The Morgan fingerprint density at radius 2 is 0.933 bits per heavy atom. The molecular weight excluding hydrogens is 364 g/mol. The maximum absolute atomic E-state index is 4.09. The molecule has 0 radical (unpaired) electrons. The molecule has 0 atom stereocenters. The summed E-state index contributed by atoms with van der Waals surface area (Å²) in [4.78, 5) is 4.09. The molecule has 166 valence electrons. The van der Waals surface area contributed by atoms with Crippen molar-refractivity contribution in [2.45, 2.75) is 116 Å². The Hall–Kier alpha value is -1.70. The van der Waals surface area contributed by atoms with Crippen molar-refractivity contribution in [3.05, 3.63) is 49.1 Å². The largest absolute Gasteiger partial charge is 0.265 e. The molecule has 0 spiro atoms. The summed E-state index contributed by atoms with van der Waals surface area (Å²) >= 11 is 0. The summed E-state index contributed by atoms with van der Waals surface area (Å²) in [6, 6.07) is 8.55. The molecule has 2 heterocycles. The molecule has 0 unspecified atom stereocenters. The van der Waals surface area contributed by atoms with E-state index < -0.39 is 0 Å². The summed E-state index contributed by atoms with van der Waals surface area (Å²) in [5.41, 5.74) is 2.50. The van der Waals surface area contributed by atoms with Gasteiger partial charge in [0, 0.05) is 30.9 Å². The quantitative estimate of drug-likeness (QED) is 0.179. The number of aryl methyl sites for hydroxylation is 1. The van der Waals surface area contributed by atoms with Crippen LogP contribution in [0, 0.1) is 0 Å². The Balaban J connectivity index is 1.37. The summed E-state index contributed by atoms with van der Waals surface area (Å²) in [5, 5.41) is 0. The minimum absolute atomic E-state index is 1.13. The Labute approximate surface area is 186 Å². The fourth-order valence-electron chi connectivity index (χ4n) is 4.19. The Morgan fingerprint density at radius 1 is 0.533 bits per heavy atom. The van der Waals surface area contributed by atoms with E-state index in [1.807, 2.05) is 12.4 Å². The topological polar surface area (TPSA) is 16.8 Å². The zero-order chi connectivity index (χ0) is 21.1. The molecule has 0 aliphatic carbocycles. The van der Waals surface area contributed by atoms with Crippen LogP contribution in [0.1, 0.15) is 110 Å². The number of pyridine rings is 2. The summed E-state index contributed by atoms with van der Waals surface area (Å²) in [6.45, 7) is 3.43. The lowest BCUT2D eigenvalue weighted by Crippen LogP contribution is -2.32. The van der Waals surface area contributed by atoms with Gasteiger partial charge in [-0.1, -0.05) is 96.8 Å². The first kappa shape index (κ1) is 24.6. The van der Waals surface area contributed by atoms with E-state index in [9.17, 15) is 0 Å². The van der Waals surface area contributed by atoms with Gasteiger partial charge in [0.05, 0.1) is 0 Å². The lowest BCUT2D eigenvalue weighted by molar-refractivity contribution is -0.697. The second kappa shape index (κ2) is 17.0. The molecule has 0 saturated carbocycles. The molecule has 0 aliphatic heterocycles. The van der Waals surface area contributed by atoms with Gasteiger partial charge in [-0.25, -0.2) is 4.57 Å². The standard InChI is InChI=1S/C28H45N2/c1-2-3-4-5-6-7-8-9-10-11-12-13-14-15-16-17-24-30-25-20-28(21-26-30)27-18-22-29-23-19-27/h18-23,25-26H,2-17,24H2,1H3/q+1. The summed E-state index contributed by atoms with van der Waals surface area (Å²) < 4.78 is 2.31. The maximum Gasteiger partial charge on any atom is 0.169 e. The molecule has 0 aromatic carbocycles. The zero-order valence-electron chi connectivity index (χ0n) is 19.5. The molecule has 0 amide bonds. The normalized spacial score (nSPS) is 11.1. The first-order chi connectivity index (χ1) is 14.9. The highest BCUT2D eigenvalue weighted by molar-refractivity contribution is 5.61. The van der Waals surface area contributed by atoms with Gasteiger partial charge in [0.2, 0.25) is 0 Å². The average Bonchev–Trinajstić information content (AvgIpc) is 2.80. The van der Waals surface area contributed by atoms with Gasteiger partial charge in [0.1, 0.15) is 6.54 Å². The first-order valence-corrected chi connectivity index (χ1v) is 12.8. The van der Waals surface area contributed by atoms with E-state index in [2.05, 4.69) is 53.1 Å². The van der Waals surface area contributed by atoms with Crippen molar-refractivity contribution >= 4 is 0 Å². The van der Waals surface area contributed by atoms with Crippen molar-refractivity contribution in [3.63, 3.8) is 0 Å². The van der Waals surface area contributed by atoms with Gasteiger partial charge in [-0.05, 0) is 29.7 Å². The smallest absolute Gasteiger partial charge is 0.169 e. The van der Waals surface area contributed by atoms with E-state index in [0.29, 0.717) is 0 Å². The van der Waals surface area contributed by atoms with Gasteiger partial charge >= 0.3 is 0 Å². The van der Waals surface area contributed by atoms with E-state index in [4.69, 9.17) is 0 Å². The predicted octanol–water partition coefficient (Wildman–Crippen LogP) is 8.30. The van der Waals surface area contributed by atoms with Crippen molar-refractivity contribution in [2.24, 2.45) is 0 Å². The Bertz CT molecular complexity index is 621. The lowest BCUT2D eigenvalue weighted by Gasteiger charge is -2.03. The maximum atomic E-state index is 4.09. The first-order valence-electron chi connectivity index (χ1n) is 12.8. The van der Waals surface area contributed by atoms with Crippen LogP contribution in [-0.2, 0) is 6.54 Å². The number of aromatic nitrogens is 2. The van der Waals surface area contributed by atoms with Crippen LogP contribution < -0.4 is 4.57 Å². The molecule has 2 heteroatoms. The Morgan fingerprint density at radius 3 is 1.40 bits per heavy atom. The van der Waals surface area contributed by atoms with Crippen LogP contribution in [0.2, 0.25) is 0 Å². The van der Waals surface area contributed by atoms with E-state index in [0.717, 1.165) is 6.54 Å². The van der Waals surface area contributed by atoms with Crippen molar-refractivity contribution in [3.8, 4) is 11.1 Å². The molecule has 2 nitrogen and oxygen atoms in total. The predicted molar refractivity (Wildman–Crippen MR) is 129 cm³/mol. The fraction of sp³-hybridized carbons (Fsp3) is 0.643. The number of hydrogen-bond acceptors (Lipinski definition) is 1. The van der Waals surface area contributed by atoms with Crippen molar-refractivity contribution in [2.75, 3.05) is 0 Å². The summed E-state index contributed by atoms with van der Waals surface area (Å²) in [5.74, 6) is 0. The van der Waals surface area contributed by atoms with Gasteiger partial charge < -0.3 is 0 Å². The molecule has 2 aromatic rings. The monoisotopic (exact) mass is 409 g/mol. The third kappa shape index (κ3) is 11.5. The minimum Gasteiger partial charge on any atom is -0.265 e. The Kier molecular flexibility index (Phi) is 13.9. The van der Waals surface area contributed by atoms with Crippen molar-refractivity contribution in [1.82, 2.24) is 4.98 Å². The van der Waals surface area contributed by atoms with E-state index >= 15 is 0 Å². The van der Waals surface area contributed by atoms with E-state index in [1.54, 1.807) is 0 Å². The summed E-state index contributed by atoms with van der Waals surface area (Å²) in [7, 11) is 0. The van der Waals surface area contributed by atoms with Gasteiger partial charge in [0.15, 0.2) is 12.4 Å². The van der Waals surface area contributed by atoms with Crippen LogP contribution >= 0.6 is 0 Å². The van der Waals surface area contributed by atoms with E-state index in [1.165, 1.54) is 114 Å². The molecule has 0 N–H and O–H groups in total. The van der Waals surface area contributed by atoms with E-state index in [-0.39, 0.29) is 0 Å². The van der Waals surface area contributed by atoms with Gasteiger partial charge in [-0.15, -0.1) is 0 Å². The molecule has 0 bridgehead atoms. The SMILES string of the molecule is CCCCCCCCCCCCCCCCCC[n+]1ccc(-c2ccncc2)cc1. The van der Waals surface area contributed by atoms with Crippen LogP contribution in [0.15, 0.2) is 49.1 Å². The van der Waals surface area contributed by atoms with Crippen LogP contribution in [0.4, 0.5) is 0 Å². The number of hydrogen-bond donors (Lipinski definition) is 0. The highest BCUT2D eigenvalue weighted by atomic mass is 14.9. The molecule has 2 rings (SSSR count). The van der Waals surface area contributed by atoms with Gasteiger partial charge in [-0.3, -0.25) is 4.98 Å². The number of rotatable bonds is 18. The third-order valence-electron chi connectivity index (χ3n) is 6.17. The van der Waals surface area contributed by atoms with Crippen LogP contribution in [0.5, 0.6) is 0 Å². The third-order valence-corrected chi connectivity index (χ3v) is 6.17.